The van der Waals surface area contributed by atoms with Crippen LogP contribution < -0.4 is 5.32 Å². The average molecular weight is 244 g/mol. The van der Waals surface area contributed by atoms with Crippen LogP contribution in [0.2, 0.25) is 0 Å². The van der Waals surface area contributed by atoms with Crippen molar-refractivity contribution < 1.29 is 4.79 Å². The Morgan fingerprint density at radius 2 is 1.83 bits per heavy atom. The van der Waals surface area contributed by atoms with Crippen LogP contribution in [0.3, 0.4) is 0 Å². The van der Waals surface area contributed by atoms with Gasteiger partial charge >= 0.3 is 0 Å². The van der Waals surface area contributed by atoms with E-state index >= 15 is 0 Å². The summed E-state index contributed by atoms with van der Waals surface area (Å²) in [6, 6.07) is 2.48. The van der Waals surface area contributed by atoms with Crippen LogP contribution in [-0.2, 0) is 4.79 Å². The minimum absolute atomic E-state index is 0.0595. The molecule has 4 aliphatic rings. The van der Waals surface area contributed by atoms with E-state index in [4.69, 9.17) is 5.26 Å². The number of fused-ring (bicyclic) bond motifs is 5. The van der Waals surface area contributed by atoms with Crippen LogP contribution in [0, 0.1) is 46.8 Å². The van der Waals surface area contributed by atoms with Gasteiger partial charge in [0.15, 0.2) is 0 Å². The second kappa shape index (κ2) is 3.73. The Morgan fingerprint density at radius 1 is 1.11 bits per heavy atom. The van der Waals surface area contributed by atoms with Gasteiger partial charge in [0.25, 0.3) is 0 Å². The number of rotatable bonds is 2. The van der Waals surface area contributed by atoms with E-state index in [0.29, 0.717) is 17.8 Å². The van der Waals surface area contributed by atoms with Crippen molar-refractivity contribution in [1.29, 1.82) is 5.26 Å². The molecule has 18 heavy (non-hydrogen) atoms. The average Bonchev–Trinajstić information content (AvgIpc) is 2.73. The van der Waals surface area contributed by atoms with Crippen molar-refractivity contribution in [2.24, 2.45) is 35.5 Å². The van der Waals surface area contributed by atoms with E-state index in [0.717, 1.165) is 31.1 Å². The van der Waals surface area contributed by atoms with E-state index in [2.05, 4.69) is 11.4 Å². The molecule has 4 rings (SSSR count). The molecule has 96 valence electrons. The number of nitrogens with zero attached hydrogens (tertiary/aromatic N) is 1. The van der Waals surface area contributed by atoms with Crippen LogP contribution in [-0.4, -0.2) is 11.9 Å². The third-order valence-electron chi connectivity index (χ3n) is 6.05. The van der Waals surface area contributed by atoms with E-state index < -0.39 is 0 Å². The Kier molecular flexibility index (Phi) is 2.24. The van der Waals surface area contributed by atoms with Crippen molar-refractivity contribution in [3.05, 3.63) is 0 Å². The molecule has 4 saturated carbocycles. The van der Waals surface area contributed by atoms with Crippen molar-refractivity contribution in [3.63, 3.8) is 0 Å². The molecule has 0 aromatic heterocycles. The molecule has 4 fully saturated rings. The van der Waals surface area contributed by atoms with Crippen molar-refractivity contribution >= 4 is 5.91 Å². The Hall–Kier alpha value is -1.04. The molecule has 0 heterocycles. The second-order valence-electron chi connectivity index (χ2n) is 6.80. The largest absolute Gasteiger partial charge is 0.352 e. The molecule has 0 aliphatic heterocycles. The van der Waals surface area contributed by atoms with Crippen molar-refractivity contribution in [2.45, 2.75) is 44.6 Å². The zero-order valence-corrected chi connectivity index (χ0v) is 10.6. The molecule has 6 atom stereocenters. The van der Waals surface area contributed by atoms with Crippen LogP contribution in [0.15, 0.2) is 0 Å². The molecule has 0 saturated heterocycles. The fourth-order valence-corrected chi connectivity index (χ4v) is 5.24. The second-order valence-corrected chi connectivity index (χ2v) is 6.80. The number of carbonyl (C=O) groups excluding carboxylic acids is 1. The van der Waals surface area contributed by atoms with Crippen LogP contribution in [0.5, 0.6) is 0 Å². The molecular formula is C15H20N2O. The topological polar surface area (TPSA) is 52.9 Å². The van der Waals surface area contributed by atoms with Crippen LogP contribution >= 0.6 is 0 Å². The molecule has 1 amide bonds. The Morgan fingerprint density at radius 3 is 2.50 bits per heavy atom. The first-order chi connectivity index (χ1) is 8.79. The molecule has 3 heteroatoms. The number of hydrogen-bond acceptors (Lipinski definition) is 2. The molecule has 2 bridgehead atoms. The maximum atomic E-state index is 12.3. The number of carbonyl (C=O) groups is 1. The van der Waals surface area contributed by atoms with Gasteiger partial charge in [0.1, 0.15) is 0 Å². The summed E-state index contributed by atoms with van der Waals surface area (Å²) in [6.07, 6.45) is 7.16. The monoisotopic (exact) mass is 244 g/mol. The minimum atomic E-state index is 0.0595. The highest BCUT2D eigenvalue weighted by atomic mass is 16.2. The lowest BCUT2D eigenvalue weighted by Crippen LogP contribution is -2.38. The van der Waals surface area contributed by atoms with Gasteiger partial charge in [-0.15, -0.1) is 0 Å². The van der Waals surface area contributed by atoms with Gasteiger partial charge in [-0.3, -0.25) is 4.79 Å². The van der Waals surface area contributed by atoms with Gasteiger partial charge in [0.05, 0.1) is 12.0 Å². The summed E-state index contributed by atoms with van der Waals surface area (Å²) in [5.41, 5.74) is 0. The summed E-state index contributed by atoms with van der Waals surface area (Å²) in [7, 11) is 0. The summed E-state index contributed by atoms with van der Waals surface area (Å²) < 4.78 is 0. The quantitative estimate of drug-likeness (QED) is 0.808. The zero-order valence-electron chi connectivity index (χ0n) is 10.6. The highest BCUT2D eigenvalue weighted by molar-refractivity contribution is 5.83. The normalized spacial score (nSPS) is 51.8. The molecule has 4 aliphatic carbocycles. The van der Waals surface area contributed by atoms with E-state index in [1.807, 2.05) is 0 Å². The van der Waals surface area contributed by atoms with Crippen LogP contribution in [0.25, 0.3) is 0 Å². The zero-order chi connectivity index (χ0) is 12.3. The summed E-state index contributed by atoms with van der Waals surface area (Å²) >= 11 is 0. The predicted molar refractivity (Wildman–Crippen MR) is 66.2 cm³/mol. The van der Waals surface area contributed by atoms with E-state index in [-0.39, 0.29) is 17.9 Å². The Balaban J connectivity index is 1.40. The van der Waals surface area contributed by atoms with E-state index in [1.54, 1.807) is 0 Å². The molecular weight excluding hydrogens is 224 g/mol. The number of nitrogens with one attached hydrogen (secondary N) is 1. The van der Waals surface area contributed by atoms with Gasteiger partial charge < -0.3 is 5.32 Å². The number of nitriles is 1. The fourth-order valence-electron chi connectivity index (χ4n) is 5.24. The summed E-state index contributed by atoms with van der Waals surface area (Å²) in [4.78, 5) is 12.3. The SMILES string of the molecule is N#CC1CCCC1NC(=O)C1C2C3CCC(C3)C12. The number of hydrogen-bond donors (Lipinski definition) is 1. The van der Waals surface area contributed by atoms with E-state index in [9.17, 15) is 4.79 Å². The first-order valence-electron chi connectivity index (χ1n) is 7.49. The summed E-state index contributed by atoms with van der Waals surface area (Å²) in [6.45, 7) is 0. The third-order valence-corrected chi connectivity index (χ3v) is 6.05. The fraction of sp³-hybridized carbons (Fsp3) is 0.867. The molecule has 6 unspecified atom stereocenters. The Labute approximate surface area is 108 Å². The lowest BCUT2D eigenvalue weighted by atomic mass is 10.0. The highest BCUT2D eigenvalue weighted by Gasteiger charge is 2.67. The summed E-state index contributed by atoms with van der Waals surface area (Å²) in [5, 5.41) is 12.2. The van der Waals surface area contributed by atoms with Gasteiger partial charge in [-0.1, -0.05) is 0 Å². The van der Waals surface area contributed by atoms with Gasteiger partial charge in [-0.05, 0) is 62.2 Å². The molecule has 0 radical (unpaired) electrons. The van der Waals surface area contributed by atoms with Crippen molar-refractivity contribution in [3.8, 4) is 6.07 Å². The van der Waals surface area contributed by atoms with Crippen molar-refractivity contribution in [1.82, 2.24) is 5.32 Å². The van der Waals surface area contributed by atoms with Gasteiger partial charge in [0.2, 0.25) is 5.91 Å². The first-order valence-corrected chi connectivity index (χ1v) is 7.49. The number of amides is 1. The lowest BCUT2D eigenvalue weighted by molar-refractivity contribution is -0.124. The standard InChI is InChI=1S/C15H20N2O/c16-7-10-2-1-3-11(10)17-15(18)14-12-8-4-5-9(6-8)13(12)14/h8-14H,1-6H2,(H,17,18). The van der Waals surface area contributed by atoms with Gasteiger partial charge in [0, 0.05) is 12.0 Å². The van der Waals surface area contributed by atoms with Gasteiger partial charge in [-0.2, -0.15) is 5.26 Å². The third kappa shape index (κ3) is 1.38. The highest BCUT2D eigenvalue weighted by Crippen LogP contribution is 2.69. The van der Waals surface area contributed by atoms with Crippen LogP contribution in [0.4, 0.5) is 0 Å². The summed E-state index contributed by atoms with van der Waals surface area (Å²) in [5.74, 6) is 3.78. The molecule has 0 aromatic carbocycles. The first kappa shape index (κ1) is 10.8. The lowest BCUT2D eigenvalue weighted by Gasteiger charge is -2.17. The minimum Gasteiger partial charge on any atom is -0.352 e. The molecule has 1 N–H and O–H groups in total. The Bertz CT molecular complexity index is 411. The maximum absolute atomic E-state index is 12.3. The molecule has 3 nitrogen and oxygen atoms in total. The molecule has 0 aromatic rings. The van der Waals surface area contributed by atoms with Crippen molar-refractivity contribution in [2.75, 3.05) is 0 Å². The smallest absolute Gasteiger partial charge is 0.223 e. The molecule has 0 spiro atoms. The van der Waals surface area contributed by atoms with Crippen LogP contribution in [0.1, 0.15) is 38.5 Å². The predicted octanol–water partition coefficient (Wildman–Crippen LogP) is 2.09. The van der Waals surface area contributed by atoms with E-state index in [1.165, 1.54) is 19.3 Å². The van der Waals surface area contributed by atoms with Gasteiger partial charge in [-0.25, -0.2) is 0 Å². The maximum Gasteiger partial charge on any atom is 0.223 e.